The number of rotatable bonds is 2. The van der Waals surface area contributed by atoms with E-state index in [9.17, 15) is 0 Å². The number of halogens is 1. The van der Waals surface area contributed by atoms with Gasteiger partial charge in [-0.25, -0.2) is 0 Å². The Bertz CT molecular complexity index is 840. The summed E-state index contributed by atoms with van der Waals surface area (Å²) in [6, 6.07) is 10.9. The fourth-order valence-electron chi connectivity index (χ4n) is 4.10. The quantitative estimate of drug-likeness (QED) is 0.535. The van der Waals surface area contributed by atoms with E-state index in [-0.39, 0.29) is 12.4 Å². The highest BCUT2D eigenvalue weighted by molar-refractivity contribution is 6.07. The minimum Gasteiger partial charge on any atom is -0.339 e. The number of allylic oxidation sites excluding steroid dienone is 2. The predicted octanol–water partition coefficient (Wildman–Crippen LogP) is 5.85. The van der Waals surface area contributed by atoms with Crippen LogP contribution in [0.25, 0.3) is 21.8 Å². The van der Waals surface area contributed by atoms with Crippen LogP contribution in [0.1, 0.15) is 27.2 Å². The Labute approximate surface area is 150 Å². The number of hydrogen-bond donors (Lipinski definition) is 0. The molecule has 1 aromatic carbocycles. The first-order valence-corrected chi connectivity index (χ1v) is 8.64. The van der Waals surface area contributed by atoms with Gasteiger partial charge in [-0.1, -0.05) is 43.7 Å². The first kappa shape index (κ1) is 17.0. The van der Waals surface area contributed by atoms with Gasteiger partial charge in [0.15, 0.2) is 0 Å². The highest BCUT2D eigenvalue weighted by Gasteiger charge is 2.25. The van der Waals surface area contributed by atoms with Crippen molar-refractivity contribution in [1.82, 2.24) is 9.55 Å². The summed E-state index contributed by atoms with van der Waals surface area (Å²) in [6.07, 6.45) is 7.67. The van der Waals surface area contributed by atoms with Gasteiger partial charge < -0.3 is 4.57 Å². The molecule has 0 fully saturated rings. The minimum absolute atomic E-state index is 0. The molecule has 0 amide bonds. The van der Waals surface area contributed by atoms with E-state index < -0.39 is 0 Å². The third-order valence-corrected chi connectivity index (χ3v) is 5.70. The summed E-state index contributed by atoms with van der Waals surface area (Å²) in [7, 11) is 0. The Hall–Kier alpha value is -1.80. The number of hydrogen-bond acceptors (Lipinski definition) is 1. The average molecular weight is 341 g/mol. The maximum atomic E-state index is 4.37. The molecule has 24 heavy (non-hydrogen) atoms. The Kier molecular flexibility index (Phi) is 4.69. The lowest BCUT2D eigenvalue weighted by atomic mass is 9.77. The van der Waals surface area contributed by atoms with E-state index in [1.807, 2.05) is 12.4 Å². The van der Waals surface area contributed by atoms with Crippen LogP contribution in [-0.4, -0.2) is 9.55 Å². The molecule has 3 atom stereocenters. The molecule has 0 saturated carbocycles. The molecule has 0 radical (unpaired) electrons. The summed E-state index contributed by atoms with van der Waals surface area (Å²) in [5.74, 6) is 2.08. The summed E-state index contributed by atoms with van der Waals surface area (Å²) in [6.45, 7) is 8.08. The van der Waals surface area contributed by atoms with Crippen LogP contribution in [0, 0.1) is 17.8 Å². The number of benzene rings is 1. The van der Waals surface area contributed by atoms with E-state index >= 15 is 0 Å². The molecule has 0 N–H and O–H groups in total. The van der Waals surface area contributed by atoms with Gasteiger partial charge in [-0.2, -0.15) is 0 Å². The fraction of sp³-hybridized carbons (Fsp3) is 0.381. The van der Waals surface area contributed by atoms with E-state index in [1.54, 1.807) is 5.57 Å². The largest absolute Gasteiger partial charge is 0.339 e. The van der Waals surface area contributed by atoms with Crippen molar-refractivity contribution in [2.45, 2.75) is 33.7 Å². The van der Waals surface area contributed by atoms with Gasteiger partial charge in [0.2, 0.25) is 0 Å². The first-order valence-electron chi connectivity index (χ1n) is 8.64. The van der Waals surface area contributed by atoms with Crippen LogP contribution in [0.3, 0.4) is 0 Å². The summed E-state index contributed by atoms with van der Waals surface area (Å²) in [5.41, 5.74) is 4.13. The SMILES string of the molecule is CC1=CC(C)C(C)C[C@@H]1Cn1c2ccccc2c2ccncc21.Cl. The summed E-state index contributed by atoms with van der Waals surface area (Å²) in [5, 5.41) is 2.65. The van der Waals surface area contributed by atoms with Crippen molar-refractivity contribution < 1.29 is 0 Å². The van der Waals surface area contributed by atoms with Crippen LogP contribution in [0.2, 0.25) is 0 Å². The smallest absolute Gasteiger partial charge is 0.0678 e. The lowest BCUT2D eigenvalue weighted by Gasteiger charge is -2.31. The lowest BCUT2D eigenvalue weighted by molar-refractivity contribution is 0.317. The second kappa shape index (κ2) is 6.60. The fourth-order valence-corrected chi connectivity index (χ4v) is 4.10. The zero-order valence-corrected chi connectivity index (χ0v) is 15.4. The van der Waals surface area contributed by atoms with Crippen molar-refractivity contribution in [3.8, 4) is 0 Å². The minimum atomic E-state index is 0. The summed E-state index contributed by atoms with van der Waals surface area (Å²) in [4.78, 5) is 4.37. The third-order valence-electron chi connectivity index (χ3n) is 5.70. The Morgan fingerprint density at radius 3 is 2.67 bits per heavy atom. The van der Waals surface area contributed by atoms with Crippen LogP contribution in [0.4, 0.5) is 0 Å². The second-order valence-electron chi connectivity index (χ2n) is 7.20. The van der Waals surface area contributed by atoms with Crippen molar-refractivity contribution in [2.24, 2.45) is 17.8 Å². The maximum Gasteiger partial charge on any atom is 0.0678 e. The predicted molar refractivity (Wildman–Crippen MR) is 105 cm³/mol. The molecule has 1 aliphatic carbocycles. The van der Waals surface area contributed by atoms with Crippen LogP contribution in [0.15, 0.2) is 54.4 Å². The van der Waals surface area contributed by atoms with Crippen molar-refractivity contribution in [1.29, 1.82) is 0 Å². The number of nitrogens with zero attached hydrogens (tertiary/aromatic N) is 2. The molecule has 2 unspecified atom stereocenters. The van der Waals surface area contributed by atoms with Gasteiger partial charge in [-0.05, 0) is 43.2 Å². The second-order valence-corrected chi connectivity index (χ2v) is 7.20. The Balaban J connectivity index is 0.00000169. The molecule has 2 nitrogen and oxygen atoms in total. The Morgan fingerprint density at radius 2 is 1.83 bits per heavy atom. The van der Waals surface area contributed by atoms with Crippen molar-refractivity contribution in [3.05, 3.63) is 54.4 Å². The van der Waals surface area contributed by atoms with Crippen molar-refractivity contribution in [3.63, 3.8) is 0 Å². The topological polar surface area (TPSA) is 17.8 Å². The molecular weight excluding hydrogens is 316 g/mol. The van der Waals surface area contributed by atoms with Gasteiger partial charge in [0, 0.05) is 29.0 Å². The highest BCUT2D eigenvalue weighted by Crippen LogP contribution is 2.36. The molecule has 2 heterocycles. The number of pyridine rings is 1. The summed E-state index contributed by atoms with van der Waals surface area (Å²) >= 11 is 0. The van der Waals surface area contributed by atoms with E-state index in [1.165, 1.54) is 28.2 Å². The molecule has 0 saturated heterocycles. The van der Waals surface area contributed by atoms with E-state index in [4.69, 9.17) is 0 Å². The normalized spacial score (nSPS) is 24.0. The van der Waals surface area contributed by atoms with Gasteiger partial charge in [-0.3, -0.25) is 4.98 Å². The maximum absolute atomic E-state index is 4.37. The molecule has 3 heteroatoms. The number of aromatic nitrogens is 2. The monoisotopic (exact) mass is 340 g/mol. The molecule has 1 aliphatic rings. The molecule has 2 aromatic heterocycles. The van der Waals surface area contributed by atoms with Crippen molar-refractivity contribution in [2.75, 3.05) is 0 Å². The van der Waals surface area contributed by atoms with Crippen LogP contribution in [0.5, 0.6) is 0 Å². The number of para-hydroxylation sites is 1. The van der Waals surface area contributed by atoms with E-state index in [0.717, 1.165) is 12.5 Å². The van der Waals surface area contributed by atoms with E-state index in [0.29, 0.717) is 11.8 Å². The zero-order chi connectivity index (χ0) is 16.0. The van der Waals surface area contributed by atoms with Gasteiger partial charge in [0.05, 0.1) is 11.7 Å². The van der Waals surface area contributed by atoms with Gasteiger partial charge in [0.25, 0.3) is 0 Å². The third kappa shape index (κ3) is 2.73. The van der Waals surface area contributed by atoms with Crippen LogP contribution < -0.4 is 0 Å². The molecule has 0 bridgehead atoms. The lowest BCUT2D eigenvalue weighted by Crippen LogP contribution is -2.23. The number of fused-ring (bicyclic) bond motifs is 3. The highest BCUT2D eigenvalue weighted by atomic mass is 35.5. The molecule has 0 spiro atoms. The molecule has 3 aromatic rings. The van der Waals surface area contributed by atoms with Crippen molar-refractivity contribution >= 4 is 34.2 Å². The molecule has 4 rings (SSSR count). The Morgan fingerprint density at radius 1 is 1.08 bits per heavy atom. The van der Waals surface area contributed by atoms with Crippen LogP contribution >= 0.6 is 12.4 Å². The van der Waals surface area contributed by atoms with Gasteiger partial charge in [-0.15, -0.1) is 12.4 Å². The standard InChI is InChI=1S/C21H24N2.ClH/c1-14-10-16(3)17(11-15(14)2)13-23-20-7-5-4-6-18(20)19-8-9-22-12-21(19)23;/h4-10,12,14-15,17H,11,13H2,1-3H3;1H/t14?,15?,17-;/m1./s1. The molecular formula is C21H25ClN2. The molecule has 0 aliphatic heterocycles. The van der Waals surface area contributed by atoms with Crippen LogP contribution in [-0.2, 0) is 6.54 Å². The average Bonchev–Trinajstić information content (AvgIpc) is 2.87. The first-order chi connectivity index (χ1) is 11.1. The van der Waals surface area contributed by atoms with Gasteiger partial charge >= 0.3 is 0 Å². The van der Waals surface area contributed by atoms with E-state index in [2.05, 4.69) is 66.7 Å². The molecule has 126 valence electrons. The summed E-state index contributed by atoms with van der Waals surface area (Å²) < 4.78 is 2.47. The van der Waals surface area contributed by atoms with Gasteiger partial charge in [0.1, 0.15) is 0 Å². The zero-order valence-electron chi connectivity index (χ0n) is 14.6.